The Bertz CT molecular complexity index is 975. The van der Waals surface area contributed by atoms with Crippen LogP contribution in [-0.2, 0) is 16.4 Å². The van der Waals surface area contributed by atoms with Gasteiger partial charge < -0.3 is 15.4 Å². The van der Waals surface area contributed by atoms with Crippen molar-refractivity contribution >= 4 is 15.8 Å². The maximum absolute atomic E-state index is 13.8. The van der Waals surface area contributed by atoms with Crippen molar-refractivity contribution in [2.45, 2.75) is 31.2 Å². The average Bonchev–Trinajstić information content (AvgIpc) is 3.55. The summed E-state index contributed by atoms with van der Waals surface area (Å²) in [5.41, 5.74) is 0.967. The van der Waals surface area contributed by atoms with Gasteiger partial charge in [0.2, 0.25) is 0 Å². The van der Waals surface area contributed by atoms with E-state index >= 15 is 0 Å². The van der Waals surface area contributed by atoms with E-state index in [0.29, 0.717) is 25.0 Å². The molecular weight excluding hydrogens is 405 g/mol. The first kappa shape index (κ1) is 22.1. The largest absolute Gasteiger partial charge is 0.493 e. The Morgan fingerprint density at radius 3 is 2.60 bits per heavy atom. The van der Waals surface area contributed by atoms with Crippen molar-refractivity contribution in [3.05, 3.63) is 59.9 Å². The van der Waals surface area contributed by atoms with Crippen LogP contribution >= 0.6 is 0 Å². The van der Waals surface area contributed by atoms with Gasteiger partial charge in [-0.25, -0.2) is 17.8 Å². The highest BCUT2D eigenvalue weighted by Crippen LogP contribution is 2.30. The lowest BCUT2D eigenvalue weighted by atomic mass is 10.2. The third-order valence-electron chi connectivity index (χ3n) is 4.73. The number of hydrogen-bond acceptors (Lipinski definition) is 4. The summed E-state index contributed by atoms with van der Waals surface area (Å²) < 4.78 is 44.5. The van der Waals surface area contributed by atoms with Gasteiger partial charge in [0.05, 0.1) is 18.9 Å². The van der Waals surface area contributed by atoms with Crippen LogP contribution in [0, 0.1) is 11.7 Å². The zero-order valence-corrected chi connectivity index (χ0v) is 17.9. The predicted octanol–water partition coefficient (Wildman–Crippen LogP) is 3.14. The van der Waals surface area contributed by atoms with Crippen molar-refractivity contribution in [2.24, 2.45) is 10.9 Å². The molecule has 2 aromatic rings. The maximum atomic E-state index is 13.8. The van der Waals surface area contributed by atoms with Gasteiger partial charge in [-0.2, -0.15) is 0 Å². The molecule has 1 aliphatic rings. The summed E-state index contributed by atoms with van der Waals surface area (Å²) in [7, 11) is -3.73. The molecule has 0 radical (unpaired) electrons. The Kier molecular flexibility index (Phi) is 7.68. The number of para-hydroxylation sites is 1. The zero-order valence-electron chi connectivity index (χ0n) is 17.1. The molecular formula is C22H28FN3O3S. The molecule has 1 fully saturated rings. The van der Waals surface area contributed by atoms with Crippen LogP contribution in [0.3, 0.4) is 0 Å². The Morgan fingerprint density at radius 2 is 1.87 bits per heavy atom. The van der Waals surface area contributed by atoms with E-state index in [1.54, 1.807) is 0 Å². The molecule has 0 spiro atoms. The highest BCUT2D eigenvalue weighted by molar-refractivity contribution is 7.91. The number of nitrogens with one attached hydrogen (secondary N) is 2. The van der Waals surface area contributed by atoms with Crippen molar-refractivity contribution in [1.29, 1.82) is 0 Å². The SMILES string of the molecule is CCNC(=NCc1ccccc1OCC1CC1)NCCS(=O)(=O)c1ccccc1F. The molecule has 2 aromatic carbocycles. The van der Waals surface area contributed by atoms with Crippen molar-refractivity contribution < 1.29 is 17.5 Å². The lowest BCUT2D eigenvalue weighted by Crippen LogP contribution is -2.39. The molecule has 30 heavy (non-hydrogen) atoms. The molecule has 162 valence electrons. The Hall–Kier alpha value is -2.61. The van der Waals surface area contributed by atoms with E-state index in [9.17, 15) is 12.8 Å². The second kappa shape index (κ2) is 10.4. The first-order valence-corrected chi connectivity index (χ1v) is 11.8. The second-order valence-electron chi connectivity index (χ2n) is 7.23. The van der Waals surface area contributed by atoms with Crippen LogP contribution in [-0.4, -0.2) is 39.8 Å². The van der Waals surface area contributed by atoms with Crippen LogP contribution in [0.15, 0.2) is 58.4 Å². The fraction of sp³-hybridized carbons (Fsp3) is 0.409. The van der Waals surface area contributed by atoms with E-state index in [4.69, 9.17) is 4.74 Å². The molecule has 6 nitrogen and oxygen atoms in total. The Balaban J connectivity index is 1.59. The molecule has 0 saturated heterocycles. The minimum atomic E-state index is -3.73. The summed E-state index contributed by atoms with van der Waals surface area (Å²) in [5.74, 6) is 1.02. The van der Waals surface area contributed by atoms with E-state index < -0.39 is 15.7 Å². The van der Waals surface area contributed by atoms with Gasteiger partial charge in [-0.05, 0) is 43.9 Å². The highest BCUT2D eigenvalue weighted by Gasteiger charge is 2.22. The van der Waals surface area contributed by atoms with E-state index in [2.05, 4.69) is 15.6 Å². The molecule has 0 heterocycles. The summed E-state index contributed by atoms with van der Waals surface area (Å²) in [6, 6.07) is 13.2. The first-order valence-electron chi connectivity index (χ1n) is 10.2. The molecule has 0 atom stereocenters. The second-order valence-corrected chi connectivity index (χ2v) is 9.31. The monoisotopic (exact) mass is 433 g/mol. The van der Waals surface area contributed by atoms with Crippen molar-refractivity contribution in [3.63, 3.8) is 0 Å². The number of hydrogen-bond donors (Lipinski definition) is 2. The molecule has 0 aromatic heterocycles. The van der Waals surface area contributed by atoms with Gasteiger partial charge >= 0.3 is 0 Å². The lowest BCUT2D eigenvalue weighted by molar-refractivity contribution is 0.297. The molecule has 0 aliphatic heterocycles. The summed E-state index contributed by atoms with van der Waals surface area (Å²) in [6.45, 7) is 3.80. The molecule has 3 rings (SSSR count). The number of sulfone groups is 1. The molecule has 1 aliphatic carbocycles. The van der Waals surface area contributed by atoms with Gasteiger partial charge in [0.1, 0.15) is 16.5 Å². The highest BCUT2D eigenvalue weighted by atomic mass is 32.2. The minimum Gasteiger partial charge on any atom is -0.493 e. The molecule has 0 bridgehead atoms. The van der Waals surface area contributed by atoms with Gasteiger partial charge in [-0.15, -0.1) is 0 Å². The normalized spacial score (nSPS) is 14.4. The fourth-order valence-electron chi connectivity index (χ4n) is 2.88. The third kappa shape index (κ3) is 6.45. The van der Waals surface area contributed by atoms with E-state index in [-0.39, 0.29) is 17.2 Å². The first-order chi connectivity index (χ1) is 14.5. The molecule has 2 N–H and O–H groups in total. The number of halogens is 1. The summed E-state index contributed by atoms with van der Waals surface area (Å²) in [4.78, 5) is 4.26. The Morgan fingerprint density at radius 1 is 1.13 bits per heavy atom. The lowest BCUT2D eigenvalue weighted by Gasteiger charge is -2.13. The van der Waals surface area contributed by atoms with E-state index in [1.807, 2.05) is 31.2 Å². The summed E-state index contributed by atoms with van der Waals surface area (Å²) in [5, 5.41) is 6.11. The molecule has 0 amide bonds. The smallest absolute Gasteiger partial charge is 0.191 e. The number of rotatable bonds is 10. The van der Waals surface area contributed by atoms with E-state index in [0.717, 1.165) is 24.0 Å². The quantitative estimate of drug-likeness (QED) is 0.445. The predicted molar refractivity (Wildman–Crippen MR) is 116 cm³/mol. The number of nitrogens with zero attached hydrogens (tertiary/aromatic N) is 1. The third-order valence-corrected chi connectivity index (χ3v) is 6.47. The van der Waals surface area contributed by atoms with Crippen LogP contribution in [0.25, 0.3) is 0 Å². The number of guanidine groups is 1. The number of aliphatic imine (C=N–C) groups is 1. The van der Waals surface area contributed by atoms with Crippen LogP contribution in [0.4, 0.5) is 4.39 Å². The fourth-order valence-corrected chi connectivity index (χ4v) is 4.13. The van der Waals surface area contributed by atoms with Gasteiger partial charge in [0, 0.05) is 18.7 Å². The molecule has 0 unspecified atom stereocenters. The zero-order chi connectivity index (χ0) is 21.4. The van der Waals surface area contributed by atoms with Crippen LogP contribution < -0.4 is 15.4 Å². The van der Waals surface area contributed by atoms with Crippen molar-refractivity contribution in [1.82, 2.24) is 10.6 Å². The average molecular weight is 434 g/mol. The Labute approximate surface area is 177 Å². The number of ether oxygens (including phenoxy) is 1. The molecule has 8 heteroatoms. The topological polar surface area (TPSA) is 79.8 Å². The van der Waals surface area contributed by atoms with Gasteiger partial charge in [-0.3, -0.25) is 0 Å². The minimum absolute atomic E-state index is 0.113. The summed E-state index contributed by atoms with van der Waals surface area (Å²) in [6.07, 6.45) is 2.45. The van der Waals surface area contributed by atoms with Crippen LogP contribution in [0.1, 0.15) is 25.3 Å². The molecule has 1 saturated carbocycles. The number of benzene rings is 2. The summed E-state index contributed by atoms with van der Waals surface area (Å²) >= 11 is 0. The van der Waals surface area contributed by atoms with E-state index in [1.165, 1.54) is 31.0 Å². The van der Waals surface area contributed by atoms with Crippen LogP contribution in [0.5, 0.6) is 5.75 Å². The van der Waals surface area contributed by atoms with Crippen LogP contribution in [0.2, 0.25) is 0 Å². The van der Waals surface area contributed by atoms with Crippen molar-refractivity contribution in [3.8, 4) is 5.75 Å². The maximum Gasteiger partial charge on any atom is 0.191 e. The van der Waals surface area contributed by atoms with Gasteiger partial charge in [0.15, 0.2) is 15.8 Å². The van der Waals surface area contributed by atoms with Crippen molar-refractivity contribution in [2.75, 3.05) is 25.4 Å². The van der Waals surface area contributed by atoms with Gasteiger partial charge in [-0.1, -0.05) is 30.3 Å². The van der Waals surface area contributed by atoms with Gasteiger partial charge in [0.25, 0.3) is 0 Å². The standard InChI is InChI=1S/C22H28FN3O3S/c1-2-24-22(25-13-14-30(27,28)21-10-6-4-8-19(21)23)26-15-18-7-3-5-9-20(18)29-16-17-11-12-17/h3-10,17H,2,11-16H2,1H3,(H2,24,25,26).